The molecule has 0 saturated carbocycles. The van der Waals surface area contributed by atoms with Crippen molar-refractivity contribution in [1.82, 2.24) is 15.2 Å². The van der Waals surface area contributed by atoms with Crippen molar-refractivity contribution in [2.45, 2.75) is 6.42 Å². The van der Waals surface area contributed by atoms with Gasteiger partial charge in [-0.15, -0.1) is 0 Å². The monoisotopic (exact) mass is 366 g/mol. The van der Waals surface area contributed by atoms with Crippen LogP contribution in [0.25, 0.3) is 0 Å². The van der Waals surface area contributed by atoms with Gasteiger partial charge in [-0.2, -0.15) is 0 Å². The zero-order valence-electron chi connectivity index (χ0n) is 13.6. The molecule has 0 radical (unpaired) electrons. The van der Waals surface area contributed by atoms with Gasteiger partial charge in [-0.25, -0.2) is 4.98 Å². The molecule has 0 atom stereocenters. The summed E-state index contributed by atoms with van der Waals surface area (Å²) in [6, 6.07) is 8.75. The number of carbonyl (C=O) groups excluding carboxylic acids is 1. The lowest BCUT2D eigenvalue weighted by molar-refractivity contribution is 0.0947. The first-order valence-electron chi connectivity index (χ1n) is 7.57. The quantitative estimate of drug-likeness (QED) is 0.731. The van der Waals surface area contributed by atoms with Gasteiger partial charge in [0.05, 0.1) is 21.9 Å². The highest BCUT2D eigenvalue weighted by Gasteiger charge is 2.07. The van der Waals surface area contributed by atoms with Crippen molar-refractivity contribution in [2.75, 3.05) is 32.5 Å². The van der Waals surface area contributed by atoms with E-state index in [1.165, 1.54) is 0 Å². The van der Waals surface area contributed by atoms with Crippen LogP contribution in [0.15, 0.2) is 36.5 Å². The van der Waals surface area contributed by atoms with Crippen molar-refractivity contribution < 1.29 is 4.79 Å². The predicted molar refractivity (Wildman–Crippen MR) is 99.5 cm³/mol. The van der Waals surface area contributed by atoms with E-state index in [0.29, 0.717) is 22.3 Å². The summed E-state index contributed by atoms with van der Waals surface area (Å²) in [6.07, 6.45) is 2.51. The molecule has 0 unspecified atom stereocenters. The van der Waals surface area contributed by atoms with Crippen molar-refractivity contribution in [3.05, 3.63) is 52.3 Å². The van der Waals surface area contributed by atoms with Crippen molar-refractivity contribution in [3.63, 3.8) is 0 Å². The number of benzene rings is 1. The van der Waals surface area contributed by atoms with Gasteiger partial charge >= 0.3 is 0 Å². The van der Waals surface area contributed by atoms with Gasteiger partial charge < -0.3 is 15.5 Å². The van der Waals surface area contributed by atoms with E-state index in [1.807, 2.05) is 20.2 Å². The third-order valence-corrected chi connectivity index (χ3v) is 4.01. The van der Waals surface area contributed by atoms with E-state index < -0.39 is 0 Å². The van der Waals surface area contributed by atoms with Crippen LogP contribution in [0.1, 0.15) is 16.9 Å². The molecule has 5 nitrogen and oxygen atoms in total. The van der Waals surface area contributed by atoms with E-state index in [9.17, 15) is 4.79 Å². The lowest BCUT2D eigenvalue weighted by Crippen LogP contribution is -2.27. The Balaban J connectivity index is 1.90. The zero-order valence-corrected chi connectivity index (χ0v) is 15.2. The van der Waals surface area contributed by atoms with Crippen molar-refractivity contribution in [1.29, 1.82) is 0 Å². The fraction of sp³-hybridized carbons (Fsp3) is 0.294. The molecule has 24 heavy (non-hydrogen) atoms. The van der Waals surface area contributed by atoms with Gasteiger partial charge in [-0.3, -0.25) is 4.79 Å². The molecule has 0 fully saturated rings. The molecule has 2 aromatic rings. The second-order valence-electron chi connectivity index (χ2n) is 5.60. The highest BCUT2D eigenvalue weighted by Crippen LogP contribution is 2.26. The van der Waals surface area contributed by atoms with E-state index in [1.54, 1.807) is 30.5 Å². The second-order valence-corrected chi connectivity index (χ2v) is 6.41. The molecule has 0 aliphatic heterocycles. The molecular formula is C17H20Cl2N4O. The number of hydrogen-bond acceptors (Lipinski definition) is 4. The summed E-state index contributed by atoms with van der Waals surface area (Å²) in [5, 5.41) is 6.99. The molecule has 1 aromatic heterocycles. The molecule has 2 N–H and O–H groups in total. The average molecular weight is 367 g/mol. The average Bonchev–Trinajstić information content (AvgIpc) is 2.55. The van der Waals surface area contributed by atoms with E-state index >= 15 is 0 Å². The Labute approximate surface area is 152 Å². The van der Waals surface area contributed by atoms with Gasteiger partial charge in [0.25, 0.3) is 5.91 Å². The third kappa shape index (κ3) is 5.67. The Morgan fingerprint density at radius 2 is 1.88 bits per heavy atom. The predicted octanol–water partition coefficient (Wildman–Crippen LogP) is 3.81. The van der Waals surface area contributed by atoms with Gasteiger partial charge in [0, 0.05) is 12.2 Å². The topological polar surface area (TPSA) is 57.3 Å². The Kier molecular flexibility index (Phi) is 6.85. The number of halogens is 2. The molecule has 0 aliphatic carbocycles. The first kappa shape index (κ1) is 18.5. The lowest BCUT2D eigenvalue weighted by atomic mass is 10.2. The van der Waals surface area contributed by atoms with E-state index in [-0.39, 0.29) is 5.91 Å². The number of pyridine rings is 1. The normalized spacial score (nSPS) is 10.7. The number of carbonyl (C=O) groups is 1. The summed E-state index contributed by atoms with van der Waals surface area (Å²) >= 11 is 11.9. The summed E-state index contributed by atoms with van der Waals surface area (Å²) < 4.78 is 0. The highest BCUT2D eigenvalue weighted by atomic mass is 35.5. The summed E-state index contributed by atoms with van der Waals surface area (Å²) in [6.45, 7) is 1.56. The van der Waals surface area contributed by atoms with Crippen LogP contribution in [0.2, 0.25) is 10.0 Å². The third-order valence-electron chi connectivity index (χ3n) is 3.27. The fourth-order valence-corrected chi connectivity index (χ4v) is 2.33. The number of hydrogen-bond donors (Lipinski definition) is 2. The van der Waals surface area contributed by atoms with E-state index in [4.69, 9.17) is 23.2 Å². The molecule has 7 heteroatoms. The van der Waals surface area contributed by atoms with Crippen LogP contribution in [0.3, 0.4) is 0 Å². The first-order chi connectivity index (χ1) is 11.5. The van der Waals surface area contributed by atoms with Crippen LogP contribution in [-0.4, -0.2) is 43.0 Å². The minimum atomic E-state index is -0.171. The number of aromatic nitrogens is 1. The van der Waals surface area contributed by atoms with Gasteiger partial charge in [-0.1, -0.05) is 23.2 Å². The molecular weight excluding hydrogens is 347 g/mol. The van der Waals surface area contributed by atoms with Gasteiger partial charge in [0.1, 0.15) is 5.69 Å². The van der Waals surface area contributed by atoms with Gasteiger partial charge in [-0.05, 0) is 57.4 Å². The summed E-state index contributed by atoms with van der Waals surface area (Å²) in [4.78, 5) is 18.3. The van der Waals surface area contributed by atoms with Crippen LogP contribution >= 0.6 is 23.2 Å². The number of nitrogens with one attached hydrogen (secondary N) is 2. The fourth-order valence-electron chi connectivity index (χ4n) is 2.03. The Bertz CT molecular complexity index is 689. The maximum atomic E-state index is 12.0. The van der Waals surface area contributed by atoms with Gasteiger partial charge in [0.15, 0.2) is 0 Å². The molecule has 0 aliphatic rings. The molecule has 128 valence electrons. The minimum Gasteiger partial charge on any atom is -0.354 e. The summed E-state index contributed by atoms with van der Waals surface area (Å²) in [5.74, 6) is -0.171. The minimum absolute atomic E-state index is 0.171. The number of amides is 1. The molecule has 2 rings (SSSR count). The number of anilines is 2. The van der Waals surface area contributed by atoms with Crippen LogP contribution < -0.4 is 10.6 Å². The van der Waals surface area contributed by atoms with Crippen molar-refractivity contribution in [3.8, 4) is 0 Å². The standard InChI is InChI=1S/C17H20Cl2N4O/c1-23(2)9-3-8-20-17(24)16-7-5-13(11-21-16)22-12-4-6-14(18)15(19)10-12/h4-7,10-11,22H,3,8-9H2,1-2H3,(H,20,24). The van der Waals surface area contributed by atoms with Crippen LogP contribution in [0.4, 0.5) is 11.4 Å². The number of rotatable bonds is 7. The van der Waals surface area contributed by atoms with Crippen LogP contribution in [-0.2, 0) is 0 Å². The highest BCUT2D eigenvalue weighted by molar-refractivity contribution is 6.42. The maximum absolute atomic E-state index is 12.0. The molecule has 1 heterocycles. The Morgan fingerprint density at radius 3 is 2.50 bits per heavy atom. The van der Waals surface area contributed by atoms with Crippen LogP contribution in [0, 0.1) is 0 Å². The Hall–Kier alpha value is -1.82. The zero-order chi connectivity index (χ0) is 17.5. The number of nitrogens with zero attached hydrogens (tertiary/aromatic N) is 2. The maximum Gasteiger partial charge on any atom is 0.269 e. The first-order valence-corrected chi connectivity index (χ1v) is 8.32. The molecule has 1 amide bonds. The largest absolute Gasteiger partial charge is 0.354 e. The van der Waals surface area contributed by atoms with Crippen LogP contribution in [0.5, 0.6) is 0 Å². The molecule has 0 spiro atoms. The van der Waals surface area contributed by atoms with Gasteiger partial charge in [0.2, 0.25) is 0 Å². The van der Waals surface area contributed by atoms with Crippen molar-refractivity contribution in [2.24, 2.45) is 0 Å². The summed E-state index contributed by atoms with van der Waals surface area (Å²) in [5.41, 5.74) is 1.95. The molecule has 0 saturated heterocycles. The summed E-state index contributed by atoms with van der Waals surface area (Å²) in [7, 11) is 4.01. The molecule has 1 aromatic carbocycles. The van der Waals surface area contributed by atoms with Crippen molar-refractivity contribution >= 4 is 40.5 Å². The van der Waals surface area contributed by atoms with E-state index in [2.05, 4.69) is 20.5 Å². The SMILES string of the molecule is CN(C)CCCNC(=O)c1ccc(Nc2ccc(Cl)c(Cl)c2)cn1. The Morgan fingerprint density at radius 1 is 1.12 bits per heavy atom. The van der Waals surface area contributed by atoms with E-state index in [0.717, 1.165) is 24.3 Å². The lowest BCUT2D eigenvalue weighted by Gasteiger charge is -2.10. The molecule has 0 bridgehead atoms. The second kappa shape index (κ2) is 8.87. The smallest absolute Gasteiger partial charge is 0.269 e.